The van der Waals surface area contributed by atoms with E-state index in [1.807, 2.05) is 19.0 Å². The molecule has 1 rings (SSSR count). The molecule has 0 aliphatic carbocycles. The molecule has 0 N–H and O–H groups in total. The molecular weight excluding hydrogens is 218 g/mol. The van der Waals surface area contributed by atoms with E-state index in [-0.39, 0.29) is 10.8 Å². The van der Waals surface area contributed by atoms with Crippen molar-refractivity contribution in [3.63, 3.8) is 0 Å². The summed E-state index contributed by atoms with van der Waals surface area (Å²) in [7, 11) is 3.80. The molecule has 0 aliphatic heterocycles. The lowest BCUT2D eigenvalue weighted by molar-refractivity contribution is -0.385. The van der Waals surface area contributed by atoms with Gasteiger partial charge in [-0.05, 0) is 20.2 Å². The van der Waals surface area contributed by atoms with Crippen LogP contribution in [0.4, 0.5) is 5.69 Å². The third kappa shape index (κ3) is 3.45. The van der Waals surface area contributed by atoms with Crippen molar-refractivity contribution in [1.29, 1.82) is 0 Å². The van der Waals surface area contributed by atoms with Crippen LogP contribution in [0.3, 0.4) is 0 Å². The van der Waals surface area contributed by atoms with Crippen LogP contribution in [0.5, 0.6) is 0 Å². The van der Waals surface area contributed by atoms with Gasteiger partial charge in [-0.15, -0.1) is 0 Å². The van der Waals surface area contributed by atoms with Crippen molar-refractivity contribution in [3.05, 3.63) is 33.1 Å². The number of hydrogen-bond acceptors (Lipinski definition) is 4. The molecule has 0 saturated carbocycles. The van der Waals surface area contributed by atoms with Gasteiger partial charge in [-0.2, -0.15) is 0 Å². The molecule has 1 aromatic heterocycles. The Labute approximate surface area is 92.8 Å². The van der Waals surface area contributed by atoms with Crippen LogP contribution in [0.2, 0.25) is 5.15 Å². The van der Waals surface area contributed by atoms with E-state index in [9.17, 15) is 10.1 Å². The largest absolute Gasteiger partial charge is 0.309 e. The molecule has 0 atom stereocenters. The predicted octanol–water partition coefficient (Wildman–Crippen LogP) is 1.75. The second kappa shape index (κ2) is 5.04. The first-order valence-electron chi connectivity index (χ1n) is 4.45. The monoisotopic (exact) mass is 229 g/mol. The number of pyridine rings is 1. The summed E-state index contributed by atoms with van der Waals surface area (Å²) in [5.41, 5.74) is 0.461. The van der Waals surface area contributed by atoms with Crippen molar-refractivity contribution < 1.29 is 4.92 Å². The van der Waals surface area contributed by atoms with Crippen LogP contribution in [-0.4, -0.2) is 35.4 Å². The summed E-state index contributed by atoms with van der Waals surface area (Å²) < 4.78 is 0. The van der Waals surface area contributed by atoms with Gasteiger partial charge in [-0.25, -0.2) is 4.98 Å². The summed E-state index contributed by atoms with van der Waals surface area (Å²) in [6.45, 7) is 0.703. The number of halogens is 1. The van der Waals surface area contributed by atoms with Gasteiger partial charge < -0.3 is 4.90 Å². The van der Waals surface area contributed by atoms with Gasteiger partial charge in [0.05, 0.1) is 4.92 Å². The van der Waals surface area contributed by atoms with E-state index in [2.05, 4.69) is 4.98 Å². The summed E-state index contributed by atoms with van der Waals surface area (Å²) >= 11 is 5.69. The average Bonchev–Trinajstić information content (AvgIpc) is 2.14. The van der Waals surface area contributed by atoms with Crippen LogP contribution in [0, 0.1) is 10.1 Å². The molecule has 82 valence electrons. The van der Waals surface area contributed by atoms with E-state index in [0.717, 1.165) is 0 Å². The number of nitro groups is 1. The van der Waals surface area contributed by atoms with E-state index < -0.39 is 4.92 Å². The fourth-order valence-electron chi connectivity index (χ4n) is 1.15. The van der Waals surface area contributed by atoms with E-state index in [4.69, 9.17) is 11.6 Å². The zero-order chi connectivity index (χ0) is 11.4. The van der Waals surface area contributed by atoms with Crippen molar-refractivity contribution in [1.82, 2.24) is 9.88 Å². The van der Waals surface area contributed by atoms with Crippen molar-refractivity contribution >= 4 is 17.3 Å². The molecular formula is C9H12ClN3O2. The molecule has 1 aromatic rings. The lowest BCUT2D eigenvalue weighted by atomic mass is 10.2. The topological polar surface area (TPSA) is 59.3 Å². The molecule has 1 heterocycles. The van der Waals surface area contributed by atoms with E-state index >= 15 is 0 Å². The molecule has 0 fully saturated rings. The molecule has 0 bridgehead atoms. The Morgan fingerprint density at radius 2 is 2.20 bits per heavy atom. The molecule has 0 aromatic carbocycles. The zero-order valence-corrected chi connectivity index (χ0v) is 9.36. The van der Waals surface area contributed by atoms with Crippen LogP contribution in [0.1, 0.15) is 5.69 Å². The summed E-state index contributed by atoms with van der Waals surface area (Å²) in [5.74, 6) is 0. The minimum Gasteiger partial charge on any atom is -0.309 e. The molecule has 0 aliphatic rings. The molecule has 0 saturated heterocycles. The molecule has 15 heavy (non-hydrogen) atoms. The molecule has 6 heteroatoms. The molecule has 0 radical (unpaired) electrons. The highest BCUT2D eigenvalue weighted by Gasteiger charge is 2.15. The fourth-order valence-corrected chi connectivity index (χ4v) is 1.31. The molecule has 0 spiro atoms. The SMILES string of the molecule is CN(C)CCc1nc(Cl)ccc1[N+](=O)[O-]. The first-order valence-corrected chi connectivity index (χ1v) is 4.83. The van der Waals surface area contributed by atoms with Gasteiger partial charge in [0.15, 0.2) is 0 Å². The number of nitrogens with zero attached hydrogens (tertiary/aromatic N) is 3. The highest BCUT2D eigenvalue weighted by molar-refractivity contribution is 6.29. The van der Waals surface area contributed by atoms with Gasteiger partial charge in [0.2, 0.25) is 0 Å². The highest BCUT2D eigenvalue weighted by Crippen LogP contribution is 2.19. The van der Waals surface area contributed by atoms with E-state index in [1.165, 1.54) is 12.1 Å². The lowest BCUT2D eigenvalue weighted by Crippen LogP contribution is -2.16. The fraction of sp³-hybridized carbons (Fsp3) is 0.444. The normalized spacial score (nSPS) is 10.7. The van der Waals surface area contributed by atoms with Gasteiger partial charge >= 0.3 is 0 Å². The van der Waals surface area contributed by atoms with Crippen molar-refractivity contribution in [2.24, 2.45) is 0 Å². The van der Waals surface area contributed by atoms with Crippen LogP contribution in [0.15, 0.2) is 12.1 Å². The Hall–Kier alpha value is -1.20. The van der Waals surface area contributed by atoms with Crippen LogP contribution in [0.25, 0.3) is 0 Å². The Balaban J connectivity index is 2.92. The van der Waals surface area contributed by atoms with Crippen molar-refractivity contribution in [3.8, 4) is 0 Å². The van der Waals surface area contributed by atoms with Crippen molar-refractivity contribution in [2.75, 3.05) is 20.6 Å². The maximum absolute atomic E-state index is 10.7. The lowest BCUT2D eigenvalue weighted by Gasteiger charge is -2.08. The predicted molar refractivity (Wildman–Crippen MR) is 58.2 cm³/mol. The zero-order valence-electron chi connectivity index (χ0n) is 8.61. The molecule has 0 unspecified atom stereocenters. The summed E-state index contributed by atoms with van der Waals surface area (Å²) in [5, 5.41) is 11.0. The molecule has 5 nitrogen and oxygen atoms in total. The van der Waals surface area contributed by atoms with Gasteiger partial charge in [0.25, 0.3) is 5.69 Å². The quantitative estimate of drug-likeness (QED) is 0.448. The first kappa shape index (κ1) is 11.9. The Kier molecular flexibility index (Phi) is 3.99. The average molecular weight is 230 g/mol. The van der Waals surface area contributed by atoms with Gasteiger partial charge in [-0.1, -0.05) is 11.6 Å². The maximum atomic E-state index is 10.7. The summed E-state index contributed by atoms with van der Waals surface area (Å²) in [4.78, 5) is 16.2. The number of rotatable bonds is 4. The third-order valence-corrected chi connectivity index (χ3v) is 2.12. The Morgan fingerprint density at radius 1 is 1.53 bits per heavy atom. The Morgan fingerprint density at radius 3 is 2.73 bits per heavy atom. The number of hydrogen-bond donors (Lipinski definition) is 0. The second-order valence-corrected chi connectivity index (χ2v) is 3.80. The summed E-state index contributed by atoms with van der Waals surface area (Å²) in [6.07, 6.45) is 0.518. The van der Waals surface area contributed by atoms with E-state index in [0.29, 0.717) is 18.7 Å². The van der Waals surface area contributed by atoms with Crippen LogP contribution >= 0.6 is 11.6 Å². The minimum absolute atomic E-state index is 0.0289. The minimum atomic E-state index is -0.436. The maximum Gasteiger partial charge on any atom is 0.290 e. The van der Waals surface area contributed by atoms with Crippen molar-refractivity contribution in [2.45, 2.75) is 6.42 Å². The third-order valence-electron chi connectivity index (χ3n) is 1.91. The first-order chi connectivity index (χ1) is 7.00. The molecule has 0 amide bonds. The second-order valence-electron chi connectivity index (χ2n) is 3.41. The van der Waals surface area contributed by atoms with Gasteiger partial charge in [0, 0.05) is 19.0 Å². The number of likely N-dealkylation sites (N-methyl/N-ethyl adjacent to an activating group) is 1. The van der Waals surface area contributed by atoms with Crippen LogP contribution < -0.4 is 0 Å². The highest BCUT2D eigenvalue weighted by atomic mass is 35.5. The smallest absolute Gasteiger partial charge is 0.290 e. The summed E-state index contributed by atoms with van der Waals surface area (Å²) in [6, 6.07) is 2.82. The van der Waals surface area contributed by atoms with Crippen LogP contribution in [-0.2, 0) is 6.42 Å². The van der Waals surface area contributed by atoms with E-state index in [1.54, 1.807) is 0 Å². The Bertz CT molecular complexity index is 368. The number of aromatic nitrogens is 1. The standard InChI is InChI=1S/C9H12ClN3O2/c1-12(2)6-5-7-8(13(14)15)3-4-9(10)11-7/h3-4H,5-6H2,1-2H3. The van der Waals surface area contributed by atoms with Gasteiger partial charge in [0.1, 0.15) is 10.8 Å². The van der Waals surface area contributed by atoms with Gasteiger partial charge in [-0.3, -0.25) is 10.1 Å².